The van der Waals surface area contributed by atoms with Gasteiger partial charge in [-0.1, -0.05) is 31.6 Å². The van der Waals surface area contributed by atoms with Crippen molar-refractivity contribution in [3.8, 4) is 0 Å². The molecule has 0 bridgehead atoms. The molecule has 0 unspecified atom stereocenters. The smallest absolute Gasteiger partial charge is 0.335 e. The molecule has 0 radical (unpaired) electrons. The molecule has 1 aliphatic rings. The lowest BCUT2D eigenvalue weighted by molar-refractivity contribution is -0.141. The van der Waals surface area contributed by atoms with E-state index in [1.165, 1.54) is 12.8 Å². The molecule has 1 rings (SSSR count). The van der Waals surface area contributed by atoms with E-state index in [0.717, 1.165) is 18.4 Å². The highest BCUT2D eigenvalue weighted by Crippen LogP contribution is 2.20. The van der Waals surface area contributed by atoms with E-state index in [1.807, 2.05) is 6.92 Å². The summed E-state index contributed by atoms with van der Waals surface area (Å²) in [6.07, 6.45) is 5.26. The van der Waals surface area contributed by atoms with Crippen LogP contribution in [0.25, 0.3) is 0 Å². The van der Waals surface area contributed by atoms with Crippen LogP contribution in [0.3, 0.4) is 0 Å². The van der Waals surface area contributed by atoms with Gasteiger partial charge in [-0.05, 0) is 19.8 Å². The molecule has 0 spiro atoms. The molecule has 0 aromatic rings. The summed E-state index contributed by atoms with van der Waals surface area (Å²) in [5.74, 6) is -0.451. The molecule has 0 aromatic heterocycles. The first-order valence-corrected chi connectivity index (χ1v) is 7.86. The van der Waals surface area contributed by atoms with Crippen molar-refractivity contribution in [3.05, 3.63) is 24.3 Å². The molecule has 1 aliphatic carbocycles. The van der Waals surface area contributed by atoms with Crippen molar-refractivity contribution in [2.45, 2.75) is 38.7 Å². The van der Waals surface area contributed by atoms with Crippen LogP contribution in [0, 0.1) is 0 Å². The van der Waals surface area contributed by atoms with Gasteiger partial charge in [0.1, 0.15) is 6.61 Å². The third-order valence-corrected chi connectivity index (χ3v) is 3.26. The number of hydrogen-bond acceptors (Lipinski definition) is 5. The minimum atomic E-state index is -0.451. The summed E-state index contributed by atoms with van der Waals surface area (Å²) < 4.78 is 21.3. The van der Waals surface area contributed by atoms with Crippen LogP contribution in [-0.2, 0) is 23.7 Å². The van der Waals surface area contributed by atoms with Gasteiger partial charge in [0.05, 0.1) is 44.7 Å². The number of rotatable bonds is 12. The van der Waals surface area contributed by atoms with Gasteiger partial charge in [-0.15, -0.1) is 0 Å². The van der Waals surface area contributed by atoms with Crippen molar-refractivity contribution in [1.29, 1.82) is 0 Å². The molecular weight excluding hydrogens is 284 g/mol. The number of ether oxygens (including phenoxy) is 4. The molecule has 22 heavy (non-hydrogen) atoms. The largest absolute Gasteiger partial charge is 0.460 e. The summed E-state index contributed by atoms with van der Waals surface area (Å²) in [5, 5.41) is 0. The van der Waals surface area contributed by atoms with Gasteiger partial charge in [0.15, 0.2) is 0 Å². The van der Waals surface area contributed by atoms with Crippen LogP contribution in [0.1, 0.15) is 32.6 Å². The van der Waals surface area contributed by atoms with Crippen LogP contribution in [0.5, 0.6) is 0 Å². The van der Waals surface area contributed by atoms with Crippen molar-refractivity contribution in [2.75, 3.05) is 39.6 Å². The molecule has 0 heterocycles. The number of hydrogen-bond donors (Lipinski definition) is 0. The molecule has 0 N–H and O–H groups in total. The number of carbonyl (C=O) groups excluding carboxylic acids is 1. The summed E-state index contributed by atoms with van der Waals surface area (Å²) >= 11 is 0. The van der Waals surface area contributed by atoms with Crippen LogP contribution >= 0.6 is 0 Å². The average molecular weight is 312 g/mol. The molecule has 0 atom stereocenters. The van der Waals surface area contributed by atoms with Gasteiger partial charge in [0, 0.05) is 0 Å². The maximum atomic E-state index is 11.6. The topological polar surface area (TPSA) is 54.0 Å². The Morgan fingerprint density at radius 2 is 1.68 bits per heavy atom. The predicted molar refractivity (Wildman–Crippen MR) is 84.8 cm³/mol. The van der Waals surface area contributed by atoms with E-state index < -0.39 is 5.97 Å². The van der Waals surface area contributed by atoms with Gasteiger partial charge in [0.2, 0.25) is 0 Å². The zero-order valence-electron chi connectivity index (χ0n) is 13.6. The predicted octanol–water partition coefficient (Wildman–Crippen LogP) is 2.65. The molecular formula is C17H28O5. The zero-order valence-corrected chi connectivity index (χ0v) is 13.6. The monoisotopic (exact) mass is 312 g/mol. The Kier molecular flexibility index (Phi) is 9.79. The van der Waals surface area contributed by atoms with Crippen LogP contribution in [0.2, 0.25) is 0 Å². The Bertz CT molecular complexity index is 358. The zero-order chi connectivity index (χ0) is 16.2. The first-order valence-electron chi connectivity index (χ1n) is 7.86. The molecule has 0 amide bonds. The minimum Gasteiger partial charge on any atom is -0.460 e. The minimum absolute atomic E-state index is 0.155. The fourth-order valence-electron chi connectivity index (χ4n) is 2.13. The Labute approximate surface area is 133 Å². The highest BCUT2D eigenvalue weighted by atomic mass is 16.6. The summed E-state index contributed by atoms with van der Waals surface area (Å²) in [5.41, 5.74) is 1.19. The molecule has 5 nitrogen and oxygen atoms in total. The third-order valence-electron chi connectivity index (χ3n) is 3.26. The van der Waals surface area contributed by atoms with E-state index in [-0.39, 0.29) is 13.2 Å². The SMILES string of the molecule is C=C(C)COCC(=C)C(=O)OCCOCCOC1CCCC1. The molecule has 1 fully saturated rings. The van der Waals surface area contributed by atoms with Crippen molar-refractivity contribution in [3.63, 3.8) is 0 Å². The lowest BCUT2D eigenvalue weighted by Gasteiger charge is -2.11. The first kappa shape index (κ1) is 18.9. The Hall–Kier alpha value is -1.17. The average Bonchev–Trinajstić information content (AvgIpc) is 2.98. The van der Waals surface area contributed by atoms with E-state index in [1.54, 1.807) is 0 Å². The van der Waals surface area contributed by atoms with Crippen molar-refractivity contribution >= 4 is 5.97 Å². The van der Waals surface area contributed by atoms with Crippen LogP contribution in [0.15, 0.2) is 24.3 Å². The second-order valence-corrected chi connectivity index (χ2v) is 5.58. The van der Waals surface area contributed by atoms with Crippen LogP contribution < -0.4 is 0 Å². The maximum Gasteiger partial charge on any atom is 0.335 e. The quantitative estimate of drug-likeness (QED) is 0.240. The second-order valence-electron chi connectivity index (χ2n) is 5.58. The van der Waals surface area contributed by atoms with Gasteiger partial charge in [-0.3, -0.25) is 0 Å². The summed E-state index contributed by atoms with van der Waals surface area (Å²) in [7, 11) is 0. The lowest BCUT2D eigenvalue weighted by Crippen LogP contribution is -2.17. The Balaban J connectivity index is 1.91. The highest BCUT2D eigenvalue weighted by Gasteiger charge is 2.14. The van der Waals surface area contributed by atoms with Gasteiger partial charge in [0.25, 0.3) is 0 Å². The van der Waals surface area contributed by atoms with Crippen LogP contribution in [-0.4, -0.2) is 51.7 Å². The fraction of sp³-hybridized carbons (Fsp3) is 0.706. The lowest BCUT2D eigenvalue weighted by atomic mass is 10.3. The molecule has 1 saturated carbocycles. The van der Waals surface area contributed by atoms with Crippen molar-refractivity contribution in [2.24, 2.45) is 0 Å². The van der Waals surface area contributed by atoms with Crippen LogP contribution in [0.4, 0.5) is 0 Å². The van der Waals surface area contributed by atoms with Gasteiger partial charge < -0.3 is 18.9 Å². The van der Waals surface area contributed by atoms with E-state index >= 15 is 0 Å². The van der Waals surface area contributed by atoms with Gasteiger partial charge in [-0.2, -0.15) is 0 Å². The second kappa shape index (κ2) is 11.4. The van der Waals surface area contributed by atoms with E-state index in [9.17, 15) is 4.79 Å². The van der Waals surface area contributed by atoms with Crippen molar-refractivity contribution in [1.82, 2.24) is 0 Å². The molecule has 0 aliphatic heterocycles. The maximum absolute atomic E-state index is 11.6. The third kappa shape index (κ3) is 8.97. The molecule has 5 heteroatoms. The van der Waals surface area contributed by atoms with E-state index in [4.69, 9.17) is 18.9 Å². The number of esters is 1. The Morgan fingerprint density at radius 1 is 1.00 bits per heavy atom. The van der Waals surface area contributed by atoms with Gasteiger partial charge in [-0.25, -0.2) is 4.79 Å². The van der Waals surface area contributed by atoms with E-state index in [0.29, 0.717) is 38.1 Å². The first-order chi connectivity index (χ1) is 10.6. The van der Waals surface area contributed by atoms with Gasteiger partial charge >= 0.3 is 5.97 Å². The number of carbonyl (C=O) groups is 1. The molecule has 0 aromatic carbocycles. The highest BCUT2D eigenvalue weighted by molar-refractivity contribution is 5.87. The summed E-state index contributed by atoms with van der Waals surface area (Å²) in [6.45, 7) is 11.5. The summed E-state index contributed by atoms with van der Waals surface area (Å²) in [4.78, 5) is 11.6. The summed E-state index contributed by atoms with van der Waals surface area (Å²) in [6, 6.07) is 0. The molecule has 0 saturated heterocycles. The normalized spacial score (nSPS) is 15.0. The Morgan fingerprint density at radius 3 is 2.36 bits per heavy atom. The van der Waals surface area contributed by atoms with Crippen molar-refractivity contribution < 1.29 is 23.7 Å². The molecule has 126 valence electrons. The fourth-order valence-corrected chi connectivity index (χ4v) is 2.13. The van der Waals surface area contributed by atoms with E-state index in [2.05, 4.69) is 13.2 Å². The standard InChI is InChI=1S/C17H28O5/c1-14(2)12-20-13-15(3)17(18)22-11-9-19-8-10-21-16-6-4-5-7-16/h16H,1,3-13H2,2H3.